The highest BCUT2D eigenvalue weighted by molar-refractivity contribution is 9.09. The number of rotatable bonds is 2. The van der Waals surface area contributed by atoms with Crippen molar-refractivity contribution < 1.29 is 4.39 Å². The second-order valence-corrected chi connectivity index (χ2v) is 2.03. The lowest BCUT2D eigenvalue weighted by atomic mass is 10.3. The zero-order chi connectivity index (χ0) is 6.41. The predicted octanol–water partition coefficient (Wildman–Crippen LogP) is 2.13. The van der Waals surface area contributed by atoms with E-state index in [1.807, 2.05) is 0 Å². The van der Waals surface area contributed by atoms with E-state index in [1.165, 1.54) is 0 Å². The fraction of sp³-hybridized carbons (Fsp3) is 0.667. The highest BCUT2D eigenvalue weighted by Crippen LogP contribution is 1.99. The first-order valence-corrected chi connectivity index (χ1v) is 3.53. The summed E-state index contributed by atoms with van der Waals surface area (Å²) in [6, 6.07) is 0. The summed E-state index contributed by atoms with van der Waals surface area (Å²) >= 11 is 3.00. The molecule has 0 rings (SSSR count). The van der Waals surface area contributed by atoms with Crippen LogP contribution in [0.4, 0.5) is 4.39 Å². The summed E-state index contributed by atoms with van der Waals surface area (Å²) in [5, 5.41) is 0.391. The quantitative estimate of drug-likeness (QED) is 0.450. The van der Waals surface area contributed by atoms with Crippen LogP contribution in [0.3, 0.4) is 0 Å². The average Bonchev–Trinajstić information content (AvgIpc) is 1.83. The SMILES string of the molecule is CC#CC[C@@H](F)CBr. The molecule has 0 aromatic rings. The molecule has 0 unspecified atom stereocenters. The Morgan fingerprint density at radius 3 is 2.75 bits per heavy atom. The standard InChI is InChI=1S/C6H8BrF/c1-2-3-4-6(8)5-7/h6H,4-5H2,1H3/t6-/m1/s1. The van der Waals surface area contributed by atoms with Gasteiger partial charge in [-0.2, -0.15) is 0 Å². The van der Waals surface area contributed by atoms with Crippen LogP contribution < -0.4 is 0 Å². The maximum Gasteiger partial charge on any atom is 0.121 e. The molecule has 0 aliphatic rings. The van der Waals surface area contributed by atoms with Gasteiger partial charge < -0.3 is 0 Å². The summed E-state index contributed by atoms with van der Waals surface area (Å²) in [4.78, 5) is 0. The zero-order valence-electron chi connectivity index (χ0n) is 4.75. The van der Waals surface area contributed by atoms with Gasteiger partial charge in [0.05, 0.1) is 0 Å². The summed E-state index contributed by atoms with van der Waals surface area (Å²) in [6.07, 6.45) is -0.454. The summed E-state index contributed by atoms with van der Waals surface area (Å²) < 4.78 is 12.2. The predicted molar refractivity (Wildman–Crippen MR) is 36.8 cm³/mol. The Balaban J connectivity index is 3.19. The van der Waals surface area contributed by atoms with Crippen molar-refractivity contribution in [3.63, 3.8) is 0 Å². The molecule has 0 heterocycles. The molecule has 8 heavy (non-hydrogen) atoms. The lowest BCUT2D eigenvalue weighted by molar-refractivity contribution is 0.377. The molecule has 46 valence electrons. The van der Waals surface area contributed by atoms with Crippen molar-refractivity contribution in [1.29, 1.82) is 0 Å². The average molecular weight is 179 g/mol. The van der Waals surface area contributed by atoms with Crippen molar-refractivity contribution in [2.75, 3.05) is 5.33 Å². The molecule has 2 heteroatoms. The van der Waals surface area contributed by atoms with Crippen LogP contribution in [-0.2, 0) is 0 Å². The topological polar surface area (TPSA) is 0 Å². The van der Waals surface area contributed by atoms with E-state index in [-0.39, 0.29) is 0 Å². The molecular weight excluding hydrogens is 171 g/mol. The van der Waals surface area contributed by atoms with Gasteiger partial charge in [-0.25, -0.2) is 4.39 Å². The largest absolute Gasteiger partial charge is 0.246 e. The van der Waals surface area contributed by atoms with Crippen LogP contribution in [0.15, 0.2) is 0 Å². The molecule has 0 fully saturated rings. The molecule has 0 aromatic carbocycles. The van der Waals surface area contributed by atoms with E-state index >= 15 is 0 Å². The Morgan fingerprint density at radius 2 is 2.38 bits per heavy atom. The summed E-state index contributed by atoms with van der Waals surface area (Å²) in [7, 11) is 0. The zero-order valence-corrected chi connectivity index (χ0v) is 6.33. The minimum Gasteiger partial charge on any atom is -0.246 e. The molecule has 0 N–H and O–H groups in total. The molecule has 0 saturated heterocycles. The van der Waals surface area contributed by atoms with Crippen molar-refractivity contribution in [3.8, 4) is 11.8 Å². The lowest BCUT2D eigenvalue weighted by Crippen LogP contribution is -1.97. The molecule has 0 aliphatic heterocycles. The fourth-order valence-electron chi connectivity index (χ4n) is 0.267. The Morgan fingerprint density at radius 1 is 1.75 bits per heavy atom. The van der Waals surface area contributed by atoms with Gasteiger partial charge in [0.25, 0.3) is 0 Å². The van der Waals surface area contributed by atoms with E-state index in [0.717, 1.165) is 0 Å². The van der Waals surface area contributed by atoms with Crippen LogP contribution in [0.25, 0.3) is 0 Å². The van der Waals surface area contributed by atoms with Gasteiger partial charge in [-0.1, -0.05) is 15.9 Å². The monoisotopic (exact) mass is 178 g/mol. The second kappa shape index (κ2) is 5.11. The molecule has 0 bridgehead atoms. The van der Waals surface area contributed by atoms with Crippen molar-refractivity contribution in [2.45, 2.75) is 19.5 Å². The second-order valence-electron chi connectivity index (χ2n) is 1.38. The van der Waals surface area contributed by atoms with Crippen molar-refractivity contribution in [3.05, 3.63) is 0 Å². The first-order valence-electron chi connectivity index (χ1n) is 2.41. The fourth-order valence-corrected chi connectivity index (χ4v) is 0.496. The van der Waals surface area contributed by atoms with Crippen LogP contribution in [0.5, 0.6) is 0 Å². The Bertz CT molecular complexity index is 101. The third-order valence-corrected chi connectivity index (χ3v) is 1.37. The lowest BCUT2D eigenvalue weighted by Gasteiger charge is -1.93. The Labute approximate surface area is 57.6 Å². The van der Waals surface area contributed by atoms with Crippen LogP contribution in [-0.4, -0.2) is 11.5 Å². The third kappa shape index (κ3) is 4.14. The van der Waals surface area contributed by atoms with Gasteiger partial charge in [0, 0.05) is 11.8 Å². The van der Waals surface area contributed by atoms with Crippen LogP contribution in [0.1, 0.15) is 13.3 Å². The van der Waals surface area contributed by atoms with Gasteiger partial charge in [-0.15, -0.1) is 11.8 Å². The molecule has 0 aromatic heterocycles. The van der Waals surface area contributed by atoms with Gasteiger partial charge in [-0.3, -0.25) is 0 Å². The molecule has 0 amide bonds. The molecule has 0 spiro atoms. The molecule has 0 radical (unpaired) electrons. The highest BCUT2D eigenvalue weighted by Gasteiger charge is 1.98. The van der Waals surface area contributed by atoms with E-state index in [0.29, 0.717) is 11.8 Å². The highest BCUT2D eigenvalue weighted by atomic mass is 79.9. The molecule has 0 aliphatic carbocycles. The Kier molecular flexibility index (Phi) is 5.09. The van der Waals surface area contributed by atoms with Gasteiger partial charge in [0.15, 0.2) is 0 Å². The summed E-state index contributed by atoms with van der Waals surface area (Å²) in [6.45, 7) is 1.71. The smallest absolute Gasteiger partial charge is 0.121 e. The molecule has 0 nitrogen and oxygen atoms in total. The number of hydrogen-bond donors (Lipinski definition) is 0. The van der Waals surface area contributed by atoms with Crippen LogP contribution in [0, 0.1) is 11.8 Å². The van der Waals surface area contributed by atoms with Crippen molar-refractivity contribution >= 4 is 15.9 Å². The van der Waals surface area contributed by atoms with E-state index in [9.17, 15) is 4.39 Å². The van der Waals surface area contributed by atoms with Crippen LogP contribution in [0.2, 0.25) is 0 Å². The summed E-state index contributed by atoms with van der Waals surface area (Å²) in [5.41, 5.74) is 0. The van der Waals surface area contributed by atoms with E-state index in [1.54, 1.807) is 6.92 Å². The van der Waals surface area contributed by atoms with Crippen LogP contribution >= 0.6 is 15.9 Å². The van der Waals surface area contributed by atoms with Gasteiger partial charge >= 0.3 is 0 Å². The van der Waals surface area contributed by atoms with Gasteiger partial charge in [0.1, 0.15) is 6.17 Å². The minimum atomic E-state index is -0.803. The Hall–Kier alpha value is -0.0300. The van der Waals surface area contributed by atoms with Gasteiger partial charge in [-0.05, 0) is 6.92 Å². The van der Waals surface area contributed by atoms with Crippen molar-refractivity contribution in [1.82, 2.24) is 0 Å². The minimum absolute atomic E-state index is 0.349. The molecule has 1 atom stereocenters. The normalized spacial score (nSPS) is 11.9. The maximum atomic E-state index is 12.2. The number of alkyl halides is 2. The number of halogens is 2. The number of hydrogen-bond acceptors (Lipinski definition) is 0. The van der Waals surface area contributed by atoms with E-state index in [2.05, 4.69) is 27.8 Å². The third-order valence-electron chi connectivity index (χ3n) is 0.668. The van der Waals surface area contributed by atoms with E-state index in [4.69, 9.17) is 0 Å². The molecular formula is C6H8BrF. The molecule has 0 saturated carbocycles. The first kappa shape index (κ1) is 7.97. The van der Waals surface area contributed by atoms with Crippen molar-refractivity contribution in [2.24, 2.45) is 0 Å². The maximum absolute atomic E-state index is 12.2. The van der Waals surface area contributed by atoms with E-state index < -0.39 is 6.17 Å². The first-order chi connectivity index (χ1) is 3.81. The summed E-state index contributed by atoms with van der Waals surface area (Å²) in [5.74, 6) is 5.27. The van der Waals surface area contributed by atoms with Gasteiger partial charge in [0.2, 0.25) is 0 Å².